The normalized spacial score (nSPS) is 17.5. The first-order valence-electron chi connectivity index (χ1n) is 6.15. The van der Waals surface area contributed by atoms with Gasteiger partial charge in [-0.25, -0.2) is 4.39 Å². The lowest BCUT2D eigenvalue weighted by molar-refractivity contribution is -0.0327. The van der Waals surface area contributed by atoms with Crippen molar-refractivity contribution >= 4 is 11.8 Å². The quantitative estimate of drug-likeness (QED) is 0.625. The molecule has 1 atom stereocenters. The summed E-state index contributed by atoms with van der Waals surface area (Å²) in [6.45, 7) is 0.294. The molecular formula is C13H15F4NS. The zero-order valence-corrected chi connectivity index (χ0v) is 11.0. The lowest BCUT2D eigenvalue weighted by atomic mass is 10.0. The maximum Gasteiger partial charge on any atom is 0.441 e. The van der Waals surface area contributed by atoms with Gasteiger partial charge in [0, 0.05) is 18.3 Å². The van der Waals surface area contributed by atoms with E-state index >= 15 is 0 Å². The van der Waals surface area contributed by atoms with Gasteiger partial charge in [-0.05, 0) is 48.2 Å². The van der Waals surface area contributed by atoms with E-state index in [1.54, 1.807) is 12.1 Å². The first-order chi connectivity index (χ1) is 8.96. The average Bonchev–Trinajstić information content (AvgIpc) is 3.14. The van der Waals surface area contributed by atoms with E-state index in [2.05, 4.69) is 5.32 Å². The highest BCUT2D eigenvalue weighted by molar-refractivity contribution is 8.00. The molecule has 0 spiro atoms. The van der Waals surface area contributed by atoms with Crippen molar-refractivity contribution in [2.24, 2.45) is 5.92 Å². The van der Waals surface area contributed by atoms with E-state index in [0.717, 1.165) is 18.4 Å². The smallest absolute Gasteiger partial charge is 0.309 e. The molecule has 6 heteroatoms. The number of hydrogen-bond donors (Lipinski definition) is 1. The Balaban J connectivity index is 1.85. The predicted molar refractivity (Wildman–Crippen MR) is 68.4 cm³/mol. The Hall–Kier alpha value is -0.750. The molecule has 1 N–H and O–H groups in total. The number of alkyl halides is 3. The third-order valence-electron chi connectivity index (χ3n) is 3.05. The van der Waals surface area contributed by atoms with Crippen LogP contribution in [0.1, 0.15) is 24.4 Å². The summed E-state index contributed by atoms with van der Waals surface area (Å²) >= 11 is -0.0172. The summed E-state index contributed by atoms with van der Waals surface area (Å²) in [5.41, 5.74) is -3.23. The van der Waals surface area contributed by atoms with E-state index in [0.29, 0.717) is 12.5 Å². The van der Waals surface area contributed by atoms with Crippen molar-refractivity contribution in [2.75, 3.05) is 12.3 Å². The van der Waals surface area contributed by atoms with Gasteiger partial charge in [-0.2, -0.15) is 13.2 Å². The average molecular weight is 293 g/mol. The highest BCUT2D eigenvalue weighted by Crippen LogP contribution is 2.41. The van der Waals surface area contributed by atoms with Crippen molar-refractivity contribution in [3.05, 3.63) is 35.6 Å². The van der Waals surface area contributed by atoms with Gasteiger partial charge in [0.25, 0.3) is 0 Å². The molecule has 1 unspecified atom stereocenters. The molecule has 0 aromatic heterocycles. The van der Waals surface area contributed by atoms with Crippen LogP contribution >= 0.6 is 11.8 Å². The van der Waals surface area contributed by atoms with E-state index in [1.807, 2.05) is 0 Å². The standard InChI is InChI=1S/C13H15F4NS/c14-11-5-3-10(4-6-11)12(9-1-2-9)18-7-8-19-13(15,16)17/h3-6,9,12,18H,1-2,7-8H2. The SMILES string of the molecule is Fc1ccc(C(NCCSC(F)(F)F)C2CC2)cc1. The van der Waals surface area contributed by atoms with E-state index < -0.39 is 5.51 Å². The topological polar surface area (TPSA) is 12.0 Å². The minimum atomic E-state index is -4.17. The molecule has 1 aromatic carbocycles. The summed E-state index contributed by atoms with van der Waals surface area (Å²) in [7, 11) is 0. The molecule has 1 aliphatic rings. The molecule has 106 valence electrons. The van der Waals surface area contributed by atoms with E-state index in [-0.39, 0.29) is 29.4 Å². The molecule has 19 heavy (non-hydrogen) atoms. The molecule has 0 saturated heterocycles. The van der Waals surface area contributed by atoms with Crippen LogP contribution in [-0.4, -0.2) is 17.8 Å². The first-order valence-corrected chi connectivity index (χ1v) is 7.14. The Bertz CT molecular complexity index is 400. The third kappa shape index (κ3) is 5.03. The molecule has 0 radical (unpaired) electrons. The molecule has 0 bridgehead atoms. The molecule has 0 heterocycles. The molecule has 0 aliphatic heterocycles. The molecule has 1 saturated carbocycles. The molecule has 1 nitrogen and oxygen atoms in total. The van der Waals surface area contributed by atoms with Gasteiger partial charge in [-0.1, -0.05) is 12.1 Å². The van der Waals surface area contributed by atoms with Crippen molar-refractivity contribution in [1.29, 1.82) is 0 Å². The molecule has 1 fully saturated rings. The highest BCUT2D eigenvalue weighted by Gasteiger charge is 2.32. The monoisotopic (exact) mass is 293 g/mol. The van der Waals surface area contributed by atoms with Crippen LogP contribution in [0.5, 0.6) is 0 Å². The van der Waals surface area contributed by atoms with Crippen LogP contribution in [0.3, 0.4) is 0 Å². The maximum absolute atomic E-state index is 12.9. The lowest BCUT2D eigenvalue weighted by Gasteiger charge is -2.19. The molecular weight excluding hydrogens is 278 g/mol. The van der Waals surface area contributed by atoms with Crippen LogP contribution in [0.4, 0.5) is 17.6 Å². The summed E-state index contributed by atoms with van der Waals surface area (Å²) in [4.78, 5) is 0. The van der Waals surface area contributed by atoms with E-state index in [9.17, 15) is 17.6 Å². The zero-order chi connectivity index (χ0) is 13.9. The number of benzene rings is 1. The molecule has 2 rings (SSSR count). The molecule has 1 aliphatic carbocycles. The van der Waals surface area contributed by atoms with Gasteiger partial charge in [0.05, 0.1) is 0 Å². The number of thioether (sulfide) groups is 1. The Morgan fingerprint density at radius 1 is 1.21 bits per heavy atom. The summed E-state index contributed by atoms with van der Waals surface area (Å²) in [6.07, 6.45) is 2.14. The number of nitrogens with one attached hydrogen (secondary N) is 1. The molecule has 0 amide bonds. The van der Waals surface area contributed by atoms with E-state index in [4.69, 9.17) is 0 Å². The van der Waals surface area contributed by atoms with Gasteiger partial charge in [0.2, 0.25) is 0 Å². The van der Waals surface area contributed by atoms with Crippen molar-refractivity contribution in [3.8, 4) is 0 Å². The van der Waals surface area contributed by atoms with Crippen molar-refractivity contribution < 1.29 is 17.6 Å². The van der Waals surface area contributed by atoms with Crippen LogP contribution in [0, 0.1) is 11.7 Å². The Morgan fingerprint density at radius 3 is 2.37 bits per heavy atom. The second-order valence-electron chi connectivity index (χ2n) is 4.61. The van der Waals surface area contributed by atoms with Gasteiger partial charge >= 0.3 is 5.51 Å². The first kappa shape index (κ1) is 14.7. The minimum Gasteiger partial charge on any atom is -0.309 e. The van der Waals surface area contributed by atoms with Crippen molar-refractivity contribution in [2.45, 2.75) is 24.4 Å². The van der Waals surface area contributed by atoms with Crippen LogP contribution in [-0.2, 0) is 0 Å². The summed E-state index contributed by atoms with van der Waals surface area (Å²) in [6, 6.07) is 6.20. The Labute approximate surface area is 113 Å². The maximum atomic E-state index is 12.9. The minimum absolute atomic E-state index is 0.00604. The lowest BCUT2D eigenvalue weighted by Crippen LogP contribution is -2.26. The van der Waals surface area contributed by atoms with Crippen LogP contribution in [0.25, 0.3) is 0 Å². The number of hydrogen-bond acceptors (Lipinski definition) is 2. The van der Waals surface area contributed by atoms with Crippen LogP contribution < -0.4 is 5.32 Å². The van der Waals surface area contributed by atoms with Gasteiger partial charge < -0.3 is 5.32 Å². The Morgan fingerprint density at radius 2 is 1.84 bits per heavy atom. The fourth-order valence-corrected chi connectivity index (χ4v) is 2.49. The Kier molecular flexibility index (Phi) is 4.73. The van der Waals surface area contributed by atoms with Crippen molar-refractivity contribution in [1.82, 2.24) is 5.32 Å². The second kappa shape index (κ2) is 6.13. The van der Waals surface area contributed by atoms with Gasteiger partial charge in [0.1, 0.15) is 5.82 Å². The zero-order valence-electron chi connectivity index (χ0n) is 10.2. The van der Waals surface area contributed by atoms with Gasteiger partial charge in [0.15, 0.2) is 0 Å². The fourth-order valence-electron chi connectivity index (χ4n) is 2.04. The molecule has 1 aromatic rings. The largest absolute Gasteiger partial charge is 0.441 e. The summed E-state index contributed by atoms with van der Waals surface area (Å²) in [5.74, 6) is 0.153. The highest BCUT2D eigenvalue weighted by atomic mass is 32.2. The summed E-state index contributed by atoms with van der Waals surface area (Å²) in [5, 5.41) is 3.15. The predicted octanol–water partition coefficient (Wildman–Crippen LogP) is 4.12. The van der Waals surface area contributed by atoms with E-state index in [1.165, 1.54) is 12.1 Å². The second-order valence-corrected chi connectivity index (χ2v) is 5.77. The van der Waals surface area contributed by atoms with Gasteiger partial charge in [-0.15, -0.1) is 0 Å². The third-order valence-corrected chi connectivity index (χ3v) is 3.79. The van der Waals surface area contributed by atoms with Gasteiger partial charge in [-0.3, -0.25) is 0 Å². The number of rotatable bonds is 6. The van der Waals surface area contributed by atoms with Crippen LogP contribution in [0.2, 0.25) is 0 Å². The fraction of sp³-hybridized carbons (Fsp3) is 0.538. The van der Waals surface area contributed by atoms with Crippen LogP contribution in [0.15, 0.2) is 24.3 Å². The number of halogens is 4. The summed E-state index contributed by atoms with van der Waals surface area (Å²) < 4.78 is 48.9. The van der Waals surface area contributed by atoms with Crippen molar-refractivity contribution in [3.63, 3.8) is 0 Å².